The first-order valence-electron chi connectivity index (χ1n) is 5.32. The number of ether oxygens (including phenoxy) is 1. The number of nitrogens with zero attached hydrogens (tertiary/aromatic N) is 1. The standard InChI is InChI=1S/C12H15NO2/c1-15-12-7-3-6-11(13-12)9-4-2-5-10(14)8-9/h3,6-7,9H,2,4-5,8H2,1H3/t9-/m1/s1. The Labute approximate surface area is 89.5 Å². The summed E-state index contributed by atoms with van der Waals surface area (Å²) in [6, 6.07) is 5.74. The van der Waals surface area contributed by atoms with Gasteiger partial charge in [0.1, 0.15) is 5.78 Å². The van der Waals surface area contributed by atoms with Gasteiger partial charge in [-0.25, -0.2) is 4.98 Å². The molecule has 0 amide bonds. The van der Waals surface area contributed by atoms with Crippen molar-refractivity contribution in [2.24, 2.45) is 0 Å². The molecule has 0 aromatic carbocycles. The highest BCUT2D eigenvalue weighted by molar-refractivity contribution is 5.80. The van der Waals surface area contributed by atoms with Crippen molar-refractivity contribution in [1.29, 1.82) is 0 Å². The number of pyridine rings is 1. The SMILES string of the molecule is COc1cccc([C@@H]2CCCC(=O)C2)n1. The average molecular weight is 205 g/mol. The maximum Gasteiger partial charge on any atom is 0.213 e. The number of Topliss-reactive ketones (excluding diaryl/α,β-unsaturated/α-hetero) is 1. The van der Waals surface area contributed by atoms with Gasteiger partial charge < -0.3 is 4.74 Å². The number of carbonyl (C=O) groups is 1. The van der Waals surface area contributed by atoms with Gasteiger partial charge in [-0.3, -0.25) is 4.79 Å². The fourth-order valence-electron chi connectivity index (χ4n) is 2.05. The molecule has 80 valence electrons. The van der Waals surface area contributed by atoms with Gasteiger partial charge in [-0.15, -0.1) is 0 Å². The Morgan fingerprint density at radius 1 is 1.47 bits per heavy atom. The number of methoxy groups -OCH3 is 1. The van der Waals surface area contributed by atoms with Gasteiger partial charge in [-0.1, -0.05) is 6.07 Å². The highest BCUT2D eigenvalue weighted by Gasteiger charge is 2.22. The molecule has 1 aliphatic carbocycles. The zero-order valence-electron chi connectivity index (χ0n) is 8.90. The molecule has 3 heteroatoms. The summed E-state index contributed by atoms with van der Waals surface area (Å²) in [6.07, 6.45) is 3.43. The maximum absolute atomic E-state index is 11.3. The molecule has 0 bridgehead atoms. The van der Waals surface area contributed by atoms with Crippen molar-refractivity contribution in [2.75, 3.05) is 7.11 Å². The zero-order valence-corrected chi connectivity index (χ0v) is 8.90. The first-order chi connectivity index (χ1) is 7.29. The first-order valence-corrected chi connectivity index (χ1v) is 5.32. The Balaban J connectivity index is 2.17. The van der Waals surface area contributed by atoms with Crippen LogP contribution in [0.4, 0.5) is 0 Å². The van der Waals surface area contributed by atoms with Gasteiger partial charge in [0.15, 0.2) is 0 Å². The third-order valence-electron chi connectivity index (χ3n) is 2.85. The average Bonchev–Trinajstić information content (AvgIpc) is 2.29. The van der Waals surface area contributed by atoms with Crippen LogP contribution in [0.2, 0.25) is 0 Å². The van der Waals surface area contributed by atoms with Crippen LogP contribution >= 0.6 is 0 Å². The highest BCUT2D eigenvalue weighted by Crippen LogP contribution is 2.30. The second-order valence-electron chi connectivity index (χ2n) is 3.94. The monoisotopic (exact) mass is 205 g/mol. The fourth-order valence-corrected chi connectivity index (χ4v) is 2.05. The Hall–Kier alpha value is -1.38. The van der Waals surface area contributed by atoms with Crippen molar-refractivity contribution in [3.63, 3.8) is 0 Å². The van der Waals surface area contributed by atoms with E-state index < -0.39 is 0 Å². The lowest BCUT2D eigenvalue weighted by Crippen LogP contribution is -2.14. The van der Waals surface area contributed by atoms with Crippen LogP contribution in [0, 0.1) is 0 Å². The van der Waals surface area contributed by atoms with Gasteiger partial charge in [0.25, 0.3) is 0 Å². The molecule has 15 heavy (non-hydrogen) atoms. The molecule has 1 aliphatic rings. The molecule has 1 aromatic heterocycles. The number of rotatable bonds is 2. The molecular formula is C12H15NO2. The summed E-state index contributed by atoms with van der Waals surface area (Å²) < 4.78 is 5.08. The molecule has 1 heterocycles. The summed E-state index contributed by atoms with van der Waals surface area (Å²) in [7, 11) is 1.61. The summed E-state index contributed by atoms with van der Waals surface area (Å²) in [4.78, 5) is 15.7. The van der Waals surface area contributed by atoms with Gasteiger partial charge in [0, 0.05) is 30.5 Å². The Morgan fingerprint density at radius 2 is 2.33 bits per heavy atom. The number of hydrogen-bond acceptors (Lipinski definition) is 3. The maximum atomic E-state index is 11.3. The normalized spacial score (nSPS) is 21.4. The van der Waals surface area contributed by atoms with Crippen LogP contribution in [0.5, 0.6) is 5.88 Å². The van der Waals surface area contributed by atoms with Crippen LogP contribution < -0.4 is 4.74 Å². The number of carbonyl (C=O) groups excluding carboxylic acids is 1. The zero-order chi connectivity index (χ0) is 10.7. The van der Waals surface area contributed by atoms with Gasteiger partial charge >= 0.3 is 0 Å². The summed E-state index contributed by atoms with van der Waals surface area (Å²) >= 11 is 0. The van der Waals surface area contributed by atoms with Crippen molar-refractivity contribution >= 4 is 5.78 Å². The summed E-state index contributed by atoms with van der Waals surface area (Å²) in [5.74, 6) is 1.28. The van der Waals surface area contributed by atoms with Gasteiger partial charge in [0.2, 0.25) is 5.88 Å². The Morgan fingerprint density at radius 3 is 3.07 bits per heavy atom. The van der Waals surface area contributed by atoms with E-state index in [9.17, 15) is 4.79 Å². The highest BCUT2D eigenvalue weighted by atomic mass is 16.5. The van der Waals surface area contributed by atoms with Crippen LogP contribution in [0.3, 0.4) is 0 Å². The van der Waals surface area contributed by atoms with Crippen molar-refractivity contribution < 1.29 is 9.53 Å². The van der Waals surface area contributed by atoms with Crippen LogP contribution in [-0.2, 0) is 4.79 Å². The minimum Gasteiger partial charge on any atom is -0.481 e. The quantitative estimate of drug-likeness (QED) is 0.743. The second kappa shape index (κ2) is 4.43. The number of ketones is 1. The number of aromatic nitrogens is 1. The van der Waals surface area contributed by atoms with Gasteiger partial charge in [-0.2, -0.15) is 0 Å². The molecular weight excluding hydrogens is 190 g/mol. The lowest BCUT2D eigenvalue weighted by Gasteiger charge is -2.20. The largest absolute Gasteiger partial charge is 0.481 e. The molecule has 3 nitrogen and oxygen atoms in total. The van der Waals surface area contributed by atoms with Crippen molar-refractivity contribution in [3.8, 4) is 5.88 Å². The van der Waals surface area contributed by atoms with Crippen LogP contribution in [-0.4, -0.2) is 17.9 Å². The Kier molecular flexibility index (Phi) is 2.99. The summed E-state index contributed by atoms with van der Waals surface area (Å²) in [6.45, 7) is 0. The fraction of sp³-hybridized carbons (Fsp3) is 0.500. The molecule has 1 fully saturated rings. The summed E-state index contributed by atoms with van der Waals surface area (Å²) in [5.41, 5.74) is 0.988. The smallest absolute Gasteiger partial charge is 0.213 e. The van der Waals surface area contributed by atoms with Crippen molar-refractivity contribution in [3.05, 3.63) is 23.9 Å². The van der Waals surface area contributed by atoms with E-state index in [0.717, 1.165) is 25.0 Å². The molecule has 0 aliphatic heterocycles. The third kappa shape index (κ3) is 2.35. The molecule has 0 saturated heterocycles. The minimum absolute atomic E-state index is 0.293. The van der Waals surface area contributed by atoms with Gasteiger partial charge in [-0.05, 0) is 18.9 Å². The van der Waals surface area contributed by atoms with Crippen LogP contribution in [0.1, 0.15) is 37.3 Å². The molecule has 0 N–H and O–H groups in total. The van der Waals surface area contributed by atoms with Crippen molar-refractivity contribution in [2.45, 2.75) is 31.6 Å². The minimum atomic E-state index is 0.293. The van der Waals surface area contributed by atoms with E-state index >= 15 is 0 Å². The van der Waals surface area contributed by atoms with E-state index in [4.69, 9.17) is 4.74 Å². The first kappa shape index (κ1) is 10.1. The molecule has 1 saturated carbocycles. The number of hydrogen-bond donors (Lipinski definition) is 0. The molecule has 1 atom stereocenters. The third-order valence-corrected chi connectivity index (χ3v) is 2.85. The van der Waals surface area contributed by atoms with E-state index in [-0.39, 0.29) is 0 Å². The summed E-state index contributed by atoms with van der Waals surface area (Å²) in [5, 5.41) is 0. The molecule has 2 rings (SSSR count). The van der Waals surface area contributed by atoms with Gasteiger partial charge in [0.05, 0.1) is 7.11 Å². The predicted molar refractivity (Wildman–Crippen MR) is 57.0 cm³/mol. The van der Waals surface area contributed by atoms with E-state index in [0.29, 0.717) is 24.0 Å². The topological polar surface area (TPSA) is 39.2 Å². The van der Waals surface area contributed by atoms with E-state index in [1.165, 1.54) is 0 Å². The predicted octanol–water partition coefficient (Wildman–Crippen LogP) is 2.32. The van der Waals surface area contributed by atoms with Crippen LogP contribution in [0.15, 0.2) is 18.2 Å². The van der Waals surface area contributed by atoms with E-state index in [1.807, 2.05) is 18.2 Å². The molecule has 0 radical (unpaired) electrons. The Bertz CT molecular complexity index is 362. The molecule has 1 aromatic rings. The second-order valence-corrected chi connectivity index (χ2v) is 3.94. The molecule has 0 spiro atoms. The van der Waals surface area contributed by atoms with Crippen molar-refractivity contribution in [1.82, 2.24) is 4.98 Å². The lowest BCUT2D eigenvalue weighted by atomic mass is 9.86. The van der Waals surface area contributed by atoms with Crippen LogP contribution in [0.25, 0.3) is 0 Å². The van der Waals surface area contributed by atoms with E-state index in [1.54, 1.807) is 7.11 Å². The lowest BCUT2D eigenvalue weighted by molar-refractivity contribution is -0.120. The molecule has 0 unspecified atom stereocenters. The van der Waals surface area contributed by atoms with E-state index in [2.05, 4.69) is 4.98 Å².